The van der Waals surface area contributed by atoms with Crippen LogP contribution in [-0.2, 0) is 23.0 Å². The normalized spacial score (nSPS) is 12.0. The van der Waals surface area contributed by atoms with Crippen LogP contribution in [0.5, 0.6) is 0 Å². The van der Waals surface area contributed by atoms with Crippen molar-refractivity contribution in [2.45, 2.75) is 17.2 Å². The topological polar surface area (TPSA) is 57.6 Å². The van der Waals surface area contributed by atoms with Crippen LogP contribution in [-0.4, -0.2) is 31.5 Å². The minimum absolute atomic E-state index is 0.0123. The largest absolute Gasteiger partial charge is 0.396 e. The summed E-state index contributed by atoms with van der Waals surface area (Å²) in [5, 5.41) is 9.48. The lowest BCUT2D eigenvalue weighted by Gasteiger charge is -2.16. The number of thiophene rings is 1. The van der Waals surface area contributed by atoms with Gasteiger partial charge in [0.1, 0.15) is 4.21 Å². The molecule has 0 atom stereocenters. The molecule has 2 rings (SSSR count). The maximum Gasteiger partial charge on any atom is 0.252 e. The molecule has 7 heteroatoms. The Morgan fingerprint density at radius 1 is 1.29 bits per heavy atom. The summed E-state index contributed by atoms with van der Waals surface area (Å²) in [5.41, 5.74) is 0.834. The van der Waals surface area contributed by atoms with E-state index in [9.17, 15) is 8.42 Å². The molecule has 0 radical (unpaired) electrons. The molecule has 114 valence electrons. The maximum atomic E-state index is 12.5. The Morgan fingerprint density at radius 2 is 2.05 bits per heavy atom. The lowest BCUT2D eigenvalue weighted by Crippen LogP contribution is -2.25. The number of sulfonamides is 1. The number of aliphatic hydroxyl groups is 1. The lowest BCUT2D eigenvalue weighted by atomic mass is 10.2. The maximum absolute atomic E-state index is 12.5. The van der Waals surface area contributed by atoms with Gasteiger partial charge in [-0.25, -0.2) is 8.42 Å². The van der Waals surface area contributed by atoms with Crippen molar-refractivity contribution >= 4 is 33.0 Å². The van der Waals surface area contributed by atoms with Crippen molar-refractivity contribution in [1.29, 1.82) is 0 Å². The Kier molecular flexibility index (Phi) is 5.40. The van der Waals surface area contributed by atoms with Crippen molar-refractivity contribution in [2.24, 2.45) is 0 Å². The molecule has 4 nitrogen and oxygen atoms in total. The van der Waals surface area contributed by atoms with Gasteiger partial charge in [-0.15, -0.1) is 11.3 Å². The minimum Gasteiger partial charge on any atom is -0.396 e. The highest BCUT2D eigenvalue weighted by Crippen LogP contribution is 2.25. The second-order valence-electron chi connectivity index (χ2n) is 4.59. The highest BCUT2D eigenvalue weighted by atomic mass is 35.5. The molecule has 1 heterocycles. The van der Waals surface area contributed by atoms with E-state index in [-0.39, 0.29) is 17.4 Å². The van der Waals surface area contributed by atoms with Crippen molar-refractivity contribution in [1.82, 2.24) is 4.31 Å². The van der Waals surface area contributed by atoms with Crippen LogP contribution in [0.3, 0.4) is 0 Å². The van der Waals surface area contributed by atoms with E-state index in [1.54, 1.807) is 37.4 Å². The Balaban J connectivity index is 2.17. The van der Waals surface area contributed by atoms with Crippen molar-refractivity contribution in [3.8, 4) is 0 Å². The number of aliphatic hydroxyl groups excluding tert-OH is 1. The summed E-state index contributed by atoms with van der Waals surface area (Å²) < 4.78 is 26.5. The van der Waals surface area contributed by atoms with Gasteiger partial charge in [-0.2, -0.15) is 4.31 Å². The van der Waals surface area contributed by atoms with E-state index in [2.05, 4.69) is 0 Å². The highest BCUT2D eigenvalue weighted by Gasteiger charge is 2.22. The van der Waals surface area contributed by atoms with E-state index >= 15 is 0 Å². The first kappa shape index (κ1) is 16.5. The van der Waals surface area contributed by atoms with Gasteiger partial charge < -0.3 is 5.11 Å². The molecule has 0 aliphatic heterocycles. The molecule has 2 aromatic rings. The molecule has 0 aliphatic carbocycles. The van der Waals surface area contributed by atoms with E-state index in [0.29, 0.717) is 11.4 Å². The molecular formula is C14H16ClNO3S2. The second kappa shape index (κ2) is 6.89. The molecule has 1 N–H and O–H groups in total. The predicted molar refractivity (Wildman–Crippen MR) is 85.2 cm³/mol. The van der Waals surface area contributed by atoms with Gasteiger partial charge in [0.05, 0.1) is 0 Å². The summed E-state index contributed by atoms with van der Waals surface area (Å²) >= 11 is 7.10. The molecule has 0 aliphatic rings. The summed E-state index contributed by atoms with van der Waals surface area (Å²) in [5.74, 6) is 0. The number of nitrogens with zero attached hydrogens (tertiary/aromatic N) is 1. The molecule has 0 bridgehead atoms. The van der Waals surface area contributed by atoms with Gasteiger partial charge in [0.2, 0.25) is 0 Å². The summed E-state index contributed by atoms with van der Waals surface area (Å²) in [7, 11) is -1.98. The van der Waals surface area contributed by atoms with Gasteiger partial charge in [-0.05, 0) is 29.8 Å². The SMILES string of the molecule is CN(Cc1cccc(Cl)c1)S(=O)(=O)c1ccc(CCO)s1. The van der Waals surface area contributed by atoms with Crippen molar-refractivity contribution in [3.63, 3.8) is 0 Å². The molecule has 0 unspecified atom stereocenters. The summed E-state index contributed by atoms with van der Waals surface area (Å²) in [6.07, 6.45) is 0.470. The third-order valence-electron chi connectivity index (χ3n) is 2.95. The van der Waals surface area contributed by atoms with E-state index in [4.69, 9.17) is 16.7 Å². The first-order chi connectivity index (χ1) is 9.93. The Labute approximate surface area is 133 Å². The third kappa shape index (κ3) is 4.05. The number of rotatable bonds is 6. The molecule has 0 saturated heterocycles. The van der Waals surface area contributed by atoms with Crippen molar-refractivity contribution in [3.05, 3.63) is 51.9 Å². The fourth-order valence-corrected chi connectivity index (χ4v) is 4.80. The van der Waals surface area contributed by atoms with Crippen LogP contribution < -0.4 is 0 Å². The van der Waals surface area contributed by atoms with Gasteiger partial charge in [0.15, 0.2) is 0 Å². The molecule has 21 heavy (non-hydrogen) atoms. The van der Waals surface area contributed by atoms with Crippen LogP contribution in [0, 0.1) is 0 Å². The van der Waals surface area contributed by atoms with Gasteiger partial charge >= 0.3 is 0 Å². The molecular weight excluding hydrogens is 330 g/mol. The van der Waals surface area contributed by atoms with Crippen molar-refractivity contribution in [2.75, 3.05) is 13.7 Å². The smallest absolute Gasteiger partial charge is 0.252 e. The minimum atomic E-state index is -3.52. The molecule has 0 amide bonds. The summed E-state index contributed by atoms with van der Waals surface area (Å²) in [6.45, 7) is 0.272. The van der Waals surface area contributed by atoms with Crippen LogP contribution in [0.4, 0.5) is 0 Å². The third-order valence-corrected chi connectivity index (χ3v) is 6.60. The first-order valence-electron chi connectivity index (χ1n) is 6.34. The fraction of sp³-hybridized carbons (Fsp3) is 0.286. The van der Waals surface area contributed by atoms with Gasteiger partial charge in [0, 0.05) is 36.5 Å². The van der Waals surface area contributed by atoms with Crippen LogP contribution in [0.1, 0.15) is 10.4 Å². The molecule has 0 saturated carbocycles. The van der Waals surface area contributed by atoms with Gasteiger partial charge in [0.25, 0.3) is 10.0 Å². The fourth-order valence-electron chi connectivity index (χ4n) is 1.87. The number of benzene rings is 1. The summed E-state index contributed by atoms with van der Waals surface area (Å²) in [6, 6.07) is 10.5. The quantitative estimate of drug-likeness (QED) is 0.875. The van der Waals surface area contributed by atoms with Crippen LogP contribution in [0.25, 0.3) is 0 Å². The molecule has 0 spiro atoms. The zero-order valence-electron chi connectivity index (χ0n) is 11.5. The van der Waals surface area contributed by atoms with E-state index in [0.717, 1.165) is 10.4 Å². The summed E-state index contributed by atoms with van der Waals surface area (Å²) in [4.78, 5) is 0.854. The number of hydrogen-bond acceptors (Lipinski definition) is 4. The average Bonchev–Trinajstić information content (AvgIpc) is 2.88. The molecule has 1 aromatic carbocycles. The molecule has 0 fully saturated rings. The van der Waals surface area contributed by atoms with E-state index < -0.39 is 10.0 Å². The van der Waals surface area contributed by atoms with E-state index in [1.807, 2.05) is 6.07 Å². The monoisotopic (exact) mass is 345 g/mol. The van der Waals surface area contributed by atoms with Gasteiger partial charge in [-0.1, -0.05) is 23.7 Å². The Bertz CT molecular complexity index is 713. The lowest BCUT2D eigenvalue weighted by molar-refractivity contribution is 0.300. The Morgan fingerprint density at radius 3 is 2.71 bits per heavy atom. The van der Waals surface area contributed by atoms with Crippen molar-refractivity contribution < 1.29 is 13.5 Å². The highest BCUT2D eigenvalue weighted by molar-refractivity contribution is 7.91. The predicted octanol–water partition coefficient (Wildman–Crippen LogP) is 2.76. The first-order valence-corrected chi connectivity index (χ1v) is 8.97. The van der Waals surface area contributed by atoms with Gasteiger partial charge in [-0.3, -0.25) is 0 Å². The van der Waals surface area contributed by atoms with Crippen LogP contribution >= 0.6 is 22.9 Å². The van der Waals surface area contributed by atoms with Crippen LogP contribution in [0.15, 0.2) is 40.6 Å². The number of hydrogen-bond donors (Lipinski definition) is 1. The zero-order valence-corrected chi connectivity index (χ0v) is 13.9. The standard InChI is InChI=1S/C14H16ClNO3S2/c1-16(10-11-3-2-4-12(15)9-11)21(18,19)14-6-5-13(20-14)7-8-17/h2-6,9,17H,7-8,10H2,1H3. The Hall–Kier alpha value is -0.920. The van der Waals surface area contributed by atoms with Crippen LogP contribution in [0.2, 0.25) is 5.02 Å². The number of halogens is 1. The van der Waals surface area contributed by atoms with E-state index in [1.165, 1.54) is 15.6 Å². The molecule has 1 aromatic heterocycles. The average molecular weight is 346 g/mol. The second-order valence-corrected chi connectivity index (χ2v) is 8.46. The zero-order chi connectivity index (χ0) is 15.5.